The summed E-state index contributed by atoms with van der Waals surface area (Å²) in [5, 5.41) is 3.34. The maximum absolute atomic E-state index is 12.6. The number of nitrogens with one attached hydrogen (secondary N) is 1. The summed E-state index contributed by atoms with van der Waals surface area (Å²) in [6, 6.07) is 0.776. The highest BCUT2D eigenvalue weighted by Gasteiger charge is 2.41. The largest absolute Gasteiger partial charge is 0.391 e. The molecule has 0 amide bonds. The quantitative estimate of drug-likeness (QED) is 0.823. The molecule has 1 aliphatic rings. The number of hydrogen-bond donors (Lipinski definition) is 1. The molecule has 108 valence electrons. The van der Waals surface area contributed by atoms with Gasteiger partial charge < -0.3 is 10.2 Å². The first-order chi connectivity index (χ1) is 8.34. The standard InChI is InChI=1S/C13H25F3N2/c1-4-17-10(2)9-11(3)18-7-5-12(6-8-18)13(14,15)16/h10-12,17H,4-9H2,1-3H3. The molecular weight excluding hydrogens is 241 g/mol. The zero-order chi connectivity index (χ0) is 13.8. The number of nitrogens with zero attached hydrogens (tertiary/aromatic N) is 1. The second kappa shape index (κ2) is 6.75. The van der Waals surface area contributed by atoms with Crippen LogP contribution in [0.3, 0.4) is 0 Å². The Bertz CT molecular complexity index is 235. The fourth-order valence-electron chi connectivity index (χ4n) is 2.76. The van der Waals surface area contributed by atoms with E-state index in [4.69, 9.17) is 0 Å². The van der Waals surface area contributed by atoms with Gasteiger partial charge in [-0.05, 0) is 52.7 Å². The number of rotatable bonds is 5. The zero-order valence-corrected chi connectivity index (χ0v) is 11.6. The van der Waals surface area contributed by atoms with Gasteiger partial charge in [-0.2, -0.15) is 13.2 Å². The van der Waals surface area contributed by atoms with Crippen LogP contribution in [0.1, 0.15) is 40.0 Å². The minimum Gasteiger partial charge on any atom is -0.314 e. The summed E-state index contributed by atoms with van der Waals surface area (Å²) in [4.78, 5) is 2.19. The molecule has 1 rings (SSSR count). The lowest BCUT2D eigenvalue weighted by Gasteiger charge is -2.37. The summed E-state index contributed by atoms with van der Waals surface area (Å²) < 4.78 is 37.7. The third-order valence-electron chi connectivity index (χ3n) is 3.86. The molecule has 0 spiro atoms. The van der Waals surface area contributed by atoms with E-state index < -0.39 is 12.1 Å². The minimum atomic E-state index is -4.01. The van der Waals surface area contributed by atoms with Crippen LogP contribution in [0.2, 0.25) is 0 Å². The Balaban J connectivity index is 2.34. The van der Waals surface area contributed by atoms with Gasteiger partial charge in [-0.15, -0.1) is 0 Å². The van der Waals surface area contributed by atoms with Crippen molar-refractivity contribution in [1.29, 1.82) is 0 Å². The van der Waals surface area contributed by atoms with Gasteiger partial charge in [0.2, 0.25) is 0 Å². The lowest BCUT2D eigenvalue weighted by molar-refractivity contribution is -0.186. The molecule has 0 aromatic rings. The van der Waals surface area contributed by atoms with Crippen LogP contribution < -0.4 is 5.32 Å². The summed E-state index contributed by atoms with van der Waals surface area (Å²) in [6.07, 6.45) is -2.51. The van der Waals surface area contributed by atoms with Gasteiger partial charge in [0, 0.05) is 12.1 Å². The molecular formula is C13H25F3N2. The van der Waals surface area contributed by atoms with Gasteiger partial charge in [-0.1, -0.05) is 6.92 Å². The molecule has 0 aliphatic carbocycles. The molecule has 2 nitrogen and oxygen atoms in total. The zero-order valence-electron chi connectivity index (χ0n) is 11.6. The highest BCUT2D eigenvalue weighted by molar-refractivity contribution is 4.81. The Kier molecular flexibility index (Phi) is 5.92. The summed E-state index contributed by atoms with van der Waals surface area (Å²) in [6.45, 7) is 8.39. The third-order valence-corrected chi connectivity index (χ3v) is 3.86. The lowest BCUT2D eigenvalue weighted by Crippen LogP contribution is -2.45. The van der Waals surface area contributed by atoms with Crippen molar-refractivity contribution in [3.8, 4) is 0 Å². The van der Waals surface area contributed by atoms with Crippen molar-refractivity contribution >= 4 is 0 Å². The first-order valence-electron chi connectivity index (χ1n) is 6.88. The van der Waals surface area contributed by atoms with Gasteiger partial charge in [0.1, 0.15) is 0 Å². The Hall–Kier alpha value is -0.290. The molecule has 0 saturated carbocycles. The van der Waals surface area contributed by atoms with Crippen molar-refractivity contribution in [3.05, 3.63) is 0 Å². The van der Waals surface area contributed by atoms with Gasteiger partial charge in [0.15, 0.2) is 0 Å². The van der Waals surface area contributed by atoms with Crippen LogP contribution in [-0.2, 0) is 0 Å². The van der Waals surface area contributed by atoms with Crippen LogP contribution in [0, 0.1) is 5.92 Å². The molecule has 18 heavy (non-hydrogen) atoms. The molecule has 2 unspecified atom stereocenters. The normalized spacial score (nSPS) is 23.0. The number of piperidine rings is 1. The fourth-order valence-corrected chi connectivity index (χ4v) is 2.76. The SMILES string of the molecule is CCNC(C)CC(C)N1CCC(C(F)(F)F)CC1. The molecule has 1 heterocycles. The highest BCUT2D eigenvalue weighted by atomic mass is 19.4. The average molecular weight is 266 g/mol. The van der Waals surface area contributed by atoms with Crippen molar-refractivity contribution in [2.24, 2.45) is 5.92 Å². The van der Waals surface area contributed by atoms with Crippen molar-refractivity contribution in [2.45, 2.75) is 58.3 Å². The van der Waals surface area contributed by atoms with Crippen molar-refractivity contribution in [2.75, 3.05) is 19.6 Å². The van der Waals surface area contributed by atoms with Gasteiger partial charge in [0.05, 0.1) is 5.92 Å². The summed E-state index contributed by atoms with van der Waals surface area (Å²) in [7, 11) is 0. The molecule has 2 atom stereocenters. The van der Waals surface area contributed by atoms with Crippen LogP contribution in [-0.4, -0.2) is 42.8 Å². The smallest absolute Gasteiger partial charge is 0.314 e. The predicted octanol–water partition coefficient (Wildman–Crippen LogP) is 3.04. The number of alkyl halides is 3. The molecule has 1 aliphatic heterocycles. The number of hydrogen-bond acceptors (Lipinski definition) is 2. The van der Waals surface area contributed by atoms with Crippen molar-refractivity contribution < 1.29 is 13.2 Å². The van der Waals surface area contributed by atoms with E-state index in [0.29, 0.717) is 25.2 Å². The second-order valence-electron chi connectivity index (χ2n) is 5.40. The van der Waals surface area contributed by atoms with E-state index in [0.717, 1.165) is 13.0 Å². The van der Waals surface area contributed by atoms with E-state index in [1.54, 1.807) is 0 Å². The summed E-state index contributed by atoms with van der Waals surface area (Å²) >= 11 is 0. The van der Waals surface area contributed by atoms with Crippen LogP contribution in [0.5, 0.6) is 0 Å². The summed E-state index contributed by atoms with van der Waals surface area (Å²) in [5.41, 5.74) is 0. The van der Waals surface area contributed by atoms with Crippen molar-refractivity contribution in [3.63, 3.8) is 0 Å². The molecule has 5 heteroatoms. The third kappa shape index (κ3) is 4.76. The summed E-state index contributed by atoms with van der Waals surface area (Å²) in [5.74, 6) is -1.09. The topological polar surface area (TPSA) is 15.3 Å². The molecule has 1 N–H and O–H groups in total. The van der Waals surface area contributed by atoms with Crippen LogP contribution in [0.15, 0.2) is 0 Å². The maximum Gasteiger partial charge on any atom is 0.391 e. The van der Waals surface area contributed by atoms with Crippen molar-refractivity contribution in [1.82, 2.24) is 10.2 Å². The van der Waals surface area contributed by atoms with E-state index in [-0.39, 0.29) is 12.8 Å². The second-order valence-corrected chi connectivity index (χ2v) is 5.40. The molecule has 0 bridgehead atoms. The Morgan fingerprint density at radius 2 is 1.78 bits per heavy atom. The van der Waals surface area contributed by atoms with E-state index in [2.05, 4.69) is 31.0 Å². The Morgan fingerprint density at radius 3 is 2.22 bits per heavy atom. The minimum absolute atomic E-state index is 0.253. The van der Waals surface area contributed by atoms with Crippen LogP contribution >= 0.6 is 0 Å². The first-order valence-corrected chi connectivity index (χ1v) is 6.88. The highest BCUT2D eigenvalue weighted by Crippen LogP contribution is 2.34. The number of halogens is 3. The molecule has 0 aromatic heterocycles. The molecule has 1 fully saturated rings. The van der Waals surface area contributed by atoms with E-state index in [1.807, 2.05) is 0 Å². The van der Waals surface area contributed by atoms with Crippen LogP contribution in [0.25, 0.3) is 0 Å². The lowest BCUT2D eigenvalue weighted by atomic mass is 9.94. The molecule has 0 aromatic carbocycles. The van der Waals surface area contributed by atoms with Gasteiger partial charge in [-0.25, -0.2) is 0 Å². The monoisotopic (exact) mass is 266 g/mol. The Labute approximate surface area is 108 Å². The van der Waals surface area contributed by atoms with Gasteiger partial charge >= 0.3 is 6.18 Å². The van der Waals surface area contributed by atoms with Gasteiger partial charge in [0.25, 0.3) is 0 Å². The maximum atomic E-state index is 12.6. The average Bonchev–Trinajstić information content (AvgIpc) is 2.28. The molecule has 1 saturated heterocycles. The van der Waals surface area contributed by atoms with Gasteiger partial charge in [-0.3, -0.25) is 0 Å². The van der Waals surface area contributed by atoms with E-state index in [1.165, 1.54) is 0 Å². The van der Waals surface area contributed by atoms with E-state index >= 15 is 0 Å². The van der Waals surface area contributed by atoms with Crippen LogP contribution in [0.4, 0.5) is 13.2 Å². The molecule has 0 radical (unpaired) electrons. The fraction of sp³-hybridized carbons (Fsp3) is 1.00. The number of likely N-dealkylation sites (tertiary alicyclic amines) is 1. The van der Waals surface area contributed by atoms with E-state index in [9.17, 15) is 13.2 Å². The first kappa shape index (κ1) is 15.8. The predicted molar refractivity (Wildman–Crippen MR) is 67.6 cm³/mol. The Morgan fingerprint density at radius 1 is 1.22 bits per heavy atom.